The summed E-state index contributed by atoms with van der Waals surface area (Å²) in [5, 5.41) is 4.65. The number of nitrogens with zero attached hydrogens (tertiary/aromatic N) is 2. The van der Waals surface area contributed by atoms with Gasteiger partial charge < -0.3 is 14.5 Å². The normalized spacial score (nSPS) is 15.2. The molecule has 1 atom stereocenters. The standard InChI is InChI=1S/C27H21N3O3/c1-32-27(31)18-11-12-20-22(14-18)30-25(21-13-10-16-6-2-4-8-19(16)28-21)26(29-20)24-15-17-7-3-5-9-23(17)33-24/h2-9,11-12,14-15,21,28H,10,13H2,1H3. The average Bonchev–Trinajstić information content (AvgIpc) is 3.31. The van der Waals surface area contributed by atoms with Gasteiger partial charge in [0.2, 0.25) is 0 Å². The van der Waals surface area contributed by atoms with E-state index >= 15 is 0 Å². The Labute approximate surface area is 190 Å². The molecule has 0 amide bonds. The highest BCUT2D eigenvalue weighted by Gasteiger charge is 2.26. The minimum absolute atomic E-state index is 0.0400. The SMILES string of the molecule is COC(=O)c1ccc2nc(-c3cc4ccccc4o3)c(C3CCc4ccccc4N3)nc2c1. The number of nitrogens with one attached hydrogen (secondary N) is 1. The number of benzene rings is 3. The number of carbonyl (C=O) groups is 1. The summed E-state index contributed by atoms with van der Waals surface area (Å²) in [7, 11) is 1.37. The molecule has 3 aromatic carbocycles. The minimum atomic E-state index is -0.397. The maximum absolute atomic E-state index is 12.1. The van der Waals surface area contributed by atoms with Gasteiger partial charge in [-0.1, -0.05) is 36.4 Å². The van der Waals surface area contributed by atoms with Gasteiger partial charge in [-0.15, -0.1) is 0 Å². The van der Waals surface area contributed by atoms with E-state index in [0.717, 1.165) is 35.2 Å². The summed E-state index contributed by atoms with van der Waals surface area (Å²) >= 11 is 0. The van der Waals surface area contributed by atoms with Crippen molar-refractivity contribution in [1.82, 2.24) is 9.97 Å². The topological polar surface area (TPSA) is 77.2 Å². The van der Waals surface area contributed by atoms with Crippen molar-refractivity contribution < 1.29 is 13.9 Å². The Morgan fingerprint density at radius 2 is 1.85 bits per heavy atom. The van der Waals surface area contributed by atoms with Crippen LogP contribution in [0.15, 0.2) is 77.2 Å². The second kappa shape index (κ2) is 7.74. The van der Waals surface area contributed by atoms with Crippen LogP contribution in [0.4, 0.5) is 5.69 Å². The van der Waals surface area contributed by atoms with Crippen molar-refractivity contribution in [2.45, 2.75) is 18.9 Å². The summed E-state index contributed by atoms with van der Waals surface area (Å²) in [6.07, 6.45) is 1.82. The van der Waals surface area contributed by atoms with Crippen LogP contribution in [-0.4, -0.2) is 23.0 Å². The zero-order valence-corrected chi connectivity index (χ0v) is 18.0. The molecule has 5 aromatic rings. The van der Waals surface area contributed by atoms with Gasteiger partial charge in [0, 0.05) is 11.1 Å². The Hall–Kier alpha value is -4.19. The third-order valence-electron chi connectivity index (χ3n) is 6.15. The molecular weight excluding hydrogens is 414 g/mol. The molecule has 1 unspecified atom stereocenters. The van der Waals surface area contributed by atoms with Crippen LogP contribution >= 0.6 is 0 Å². The lowest BCUT2D eigenvalue weighted by molar-refractivity contribution is 0.0601. The molecule has 6 heteroatoms. The highest BCUT2D eigenvalue weighted by molar-refractivity contribution is 5.94. The number of hydrogen-bond acceptors (Lipinski definition) is 6. The van der Waals surface area contributed by atoms with Gasteiger partial charge in [-0.2, -0.15) is 0 Å². The molecule has 0 saturated heterocycles. The predicted molar refractivity (Wildman–Crippen MR) is 127 cm³/mol. The number of aromatic nitrogens is 2. The molecule has 33 heavy (non-hydrogen) atoms. The molecule has 1 N–H and O–H groups in total. The smallest absolute Gasteiger partial charge is 0.337 e. The third kappa shape index (κ3) is 3.40. The van der Waals surface area contributed by atoms with Crippen LogP contribution in [0, 0.1) is 0 Å². The van der Waals surface area contributed by atoms with Gasteiger partial charge in [0.1, 0.15) is 11.3 Å². The largest absolute Gasteiger partial charge is 0.465 e. The fourth-order valence-corrected chi connectivity index (χ4v) is 4.48. The van der Waals surface area contributed by atoms with Gasteiger partial charge in [0.15, 0.2) is 5.76 Å². The van der Waals surface area contributed by atoms with Gasteiger partial charge >= 0.3 is 5.97 Å². The van der Waals surface area contributed by atoms with E-state index in [2.05, 4.69) is 23.5 Å². The quantitative estimate of drug-likeness (QED) is 0.354. The van der Waals surface area contributed by atoms with Gasteiger partial charge in [0.25, 0.3) is 0 Å². The summed E-state index contributed by atoms with van der Waals surface area (Å²) in [6.45, 7) is 0. The van der Waals surface area contributed by atoms with E-state index in [1.807, 2.05) is 36.4 Å². The minimum Gasteiger partial charge on any atom is -0.465 e. The number of carbonyl (C=O) groups excluding carboxylic acids is 1. The van der Waals surface area contributed by atoms with Crippen LogP contribution in [0.3, 0.4) is 0 Å². The number of furan rings is 1. The van der Waals surface area contributed by atoms with Crippen molar-refractivity contribution in [1.29, 1.82) is 0 Å². The molecule has 6 rings (SSSR count). The molecule has 1 aliphatic rings. The van der Waals surface area contributed by atoms with Crippen molar-refractivity contribution >= 4 is 33.7 Å². The molecule has 3 heterocycles. The first kappa shape index (κ1) is 19.5. The number of rotatable bonds is 3. The third-order valence-corrected chi connectivity index (χ3v) is 6.15. The molecule has 0 radical (unpaired) electrons. The fraction of sp³-hybridized carbons (Fsp3) is 0.148. The Balaban J connectivity index is 1.53. The van der Waals surface area contributed by atoms with Gasteiger partial charge in [-0.3, -0.25) is 0 Å². The molecular formula is C27H21N3O3. The summed E-state index contributed by atoms with van der Waals surface area (Å²) in [5.74, 6) is 0.282. The lowest BCUT2D eigenvalue weighted by Crippen LogP contribution is -2.20. The second-order valence-electron chi connectivity index (χ2n) is 8.19. The maximum Gasteiger partial charge on any atom is 0.337 e. The number of anilines is 1. The highest BCUT2D eigenvalue weighted by atomic mass is 16.5. The van der Waals surface area contributed by atoms with E-state index < -0.39 is 5.97 Å². The first-order chi connectivity index (χ1) is 16.2. The second-order valence-corrected chi connectivity index (χ2v) is 8.19. The van der Waals surface area contributed by atoms with E-state index in [9.17, 15) is 4.79 Å². The van der Waals surface area contributed by atoms with Crippen LogP contribution in [0.1, 0.15) is 34.1 Å². The zero-order chi connectivity index (χ0) is 22.4. The van der Waals surface area contributed by atoms with Crippen LogP contribution < -0.4 is 5.32 Å². The summed E-state index contributed by atoms with van der Waals surface area (Å²) in [4.78, 5) is 22.0. The van der Waals surface area contributed by atoms with Crippen LogP contribution in [-0.2, 0) is 11.2 Å². The number of aryl methyl sites for hydroxylation is 1. The molecule has 1 aliphatic heterocycles. The van der Waals surface area contributed by atoms with E-state index in [4.69, 9.17) is 19.1 Å². The molecule has 0 fully saturated rings. The first-order valence-corrected chi connectivity index (χ1v) is 10.9. The van der Waals surface area contributed by atoms with Crippen LogP contribution in [0.25, 0.3) is 33.5 Å². The lowest BCUT2D eigenvalue weighted by atomic mass is 9.94. The van der Waals surface area contributed by atoms with Crippen molar-refractivity contribution in [2.75, 3.05) is 12.4 Å². The Morgan fingerprint density at radius 3 is 2.73 bits per heavy atom. The number of fused-ring (bicyclic) bond motifs is 3. The van der Waals surface area contributed by atoms with Crippen molar-refractivity contribution in [3.8, 4) is 11.5 Å². The van der Waals surface area contributed by atoms with Crippen LogP contribution in [0.2, 0.25) is 0 Å². The summed E-state index contributed by atoms with van der Waals surface area (Å²) in [6, 6.07) is 23.5. The average molecular weight is 435 g/mol. The predicted octanol–water partition coefficient (Wildman–Crippen LogP) is 5.93. The summed E-state index contributed by atoms with van der Waals surface area (Å²) < 4.78 is 11.1. The molecule has 0 saturated carbocycles. The molecule has 0 spiro atoms. The fourth-order valence-electron chi connectivity index (χ4n) is 4.48. The van der Waals surface area contributed by atoms with E-state index in [-0.39, 0.29) is 6.04 Å². The highest BCUT2D eigenvalue weighted by Crippen LogP contribution is 2.37. The zero-order valence-electron chi connectivity index (χ0n) is 18.0. The van der Waals surface area contributed by atoms with Crippen molar-refractivity contribution in [3.05, 3.63) is 89.6 Å². The molecule has 0 aliphatic carbocycles. The monoisotopic (exact) mass is 435 g/mol. The Bertz CT molecular complexity index is 1490. The van der Waals surface area contributed by atoms with Crippen molar-refractivity contribution in [2.24, 2.45) is 0 Å². The van der Waals surface area contributed by atoms with Gasteiger partial charge in [0.05, 0.1) is 35.4 Å². The number of ether oxygens (including phenoxy) is 1. The first-order valence-electron chi connectivity index (χ1n) is 10.9. The number of esters is 1. The van der Waals surface area contributed by atoms with Crippen molar-refractivity contribution in [3.63, 3.8) is 0 Å². The summed E-state index contributed by atoms with van der Waals surface area (Å²) in [5.41, 5.74) is 6.51. The molecule has 0 bridgehead atoms. The maximum atomic E-state index is 12.1. The van der Waals surface area contributed by atoms with Crippen LogP contribution in [0.5, 0.6) is 0 Å². The van der Waals surface area contributed by atoms with E-state index in [0.29, 0.717) is 28.1 Å². The number of para-hydroxylation sites is 2. The van der Waals surface area contributed by atoms with E-state index in [1.165, 1.54) is 12.7 Å². The molecule has 6 nitrogen and oxygen atoms in total. The lowest BCUT2D eigenvalue weighted by Gasteiger charge is -2.27. The Kier molecular flexibility index (Phi) is 4.57. The number of methoxy groups -OCH3 is 1. The number of hydrogen-bond donors (Lipinski definition) is 1. The molecule has 2 aromatic heterocycles. The molecule has 162 valence electrons. The Morgan fingerprint density at radius 1 is 1.00 bits per heavy atom. The van der Waals surface area contributed by atoms with Gasteiger partial charge in [-0.05, 0) is 54.8 Å². The van der Waals surface area contributed by atoms with Gasteiger partial charge in [-0.25, -0.2) is 14.8 Å². The van der Waals surface area contributed by atoms with E-state index in [1.54, 1.807) is 18.2 Å².